The molecule has 1 N–H and O–H groups in total. The topological polar surface area (TPSA) is 64.2 Å². The molecule has 0 saturated carbocycles. The Bertz CT molecular complexity index is 576. The van der Waals surface area contributed by atoms with Gasteiger partial charge in [-0.3, -0.25) is 4.79 Å². The highest BCUT2D eigenvalue weighted by Crippen LogP contribution is 2.32. The first-order chi connectivity index (χ1) is 7.33. The van der Waals surface area contributed by atoms with Crippen molar-refractivity contribution in [1.82, 2.24) is 9.97 Å². The van der Waals surface area contributed by atoms with Gasteiger partial charge in [-0.1, -0.05) is 0 Å². The van der Waals surface area contributed by atoms with Crippen LogP contribution in [0.2, 0.25) is 0 Å². The second-order valence-corrected chi connectivity index (χ2v) is 3.26. The summed E-state index contributed by atoms with van der Waals surface area (Å²) >= 11 is 0. The zero-order valence-corrected chi connectivity index (χ0v) is 7.82. The van der Waals surface area contributed by atoms with Crippen LogP contribution in [0.5, 0.6) is 11.5 Å². The molecule has 5 heteroatoms. The zero-order valence-electron chi connectivity index (χ0n) is 7.82. The van der Waals surface area contributed by atoms with Gasteiger partial charge in [0.25, 0.3) is 5.56 Å². The molecule has 3 rings (SSSR count). The molecule has 2 aromatic rings. The van der Waals surface area contributed by atoms with E-state index in [0.717, 1.165) is 0 Å². The van der Waals surface area contributed by atoms with Crippen LogP contribution in [0.25, 0.3) is 11.0 Å². The van der Waals surface area contributed by atoms with Crippen LogP contribution >= 0.6 is 0 Å². The fourth-order valence-corrected chi connectivity index (χ4v) is 1.58. The highest BCUT2D eigenvalue weighted by molar-refractivity contribution is 5.78. The summed E-state index contributed by atoms with van der Waals surface area (Å²) in [5, 5.41) is 0. The predicted octanol–water partition coefficient (Wildman–Crippen LogP) is 0.694. The lowest BCUT2D eigenvalue weighted by Crippen LogP contribution is -2.15. The van der Waals surface area contributed by atoms with Crippen molar-refractivity contribution in [3.8, 4) is 11.5 Å². The largest absolute Gasteiger partial charge is 0.486 e. The number of nitrogens with one attached hydrogen (secondary N) is 1. The minimum Gasteiger partial charge on any atom is -0.486 e. The van der Waals surface area contributed by atoms with Gasteiger partial charge >= 0.3 is 0 Å². The number of fused-ring (bicyclic) bond motifs is 2. The van der Waals surface area contributed by atoms with Crippen molar-refractivity contribution in [3.63, 3.8) is 0 Å². The lowest BCUT2D eigenvalue weighted by molar-refractivity contribution is 0.172. The molecule has 0 saturated heterocycles. The summed E-state index contributed by atoms with van der Waals surface area (Å²) in [5.74, 6) is 1.32. The summed E-state index contributed by atoms with van der Waals surface area (Å²) in [6.07, 6.45) is 1.25. The Labute approximate surface area is 84.7 Å². The third kappa shape index (κ3) is 1.32. The molecule has 15 heavy (non-hydrogen) atoms. The van der Waals surface area contributed by atoms with Gasteiger partial charge in [-0.05, 0) is 0 Å². The van der Waals surface area contributed by atoms with Gasteiger partial charge < -0.3 is 14.5 Å². The van der Waals surface area contributed by atoms with E-state index in [2.05, 4.69) is 9.97 Å². The maximum Gasteiger partial charge on any atom is 0.266 e. The zero-order chi connectivity index (χ0) is 10.3. The van der Waals surface area contributed by atoms with Crippen molar-refractivity contribution in [3.05, 3.63) is 28.7 Å². The fraction of sp³-hybridized carbons (Fsp3) is 0.200. The number of benzene rings is 1. The predicted molar refractivity (Wildman–Crippen MR) is 53.4 cm³/mol. The van der Waals surface area contributed by atoms with E-state index >= 15 is 0 Å². The number of aromatic amines is 1. The van der Waals surface area contributed by atoms with Crippen molar-refractivity contribution in [2.75, 3.05) is 13.2 Å². The molecule has 0 amide bonds. The summed E-state index contributed by atoms with van der Waals surface area (Å²) in [6, 6.07) is 3.50. The van der Waals surface area contributed by atoms with Gasteiger partial charge in [-0.15, -0.1) is 0 Å². The monoisotopic (exact) mass is 204 g/mol. The lowest BCUT2D eigenvalue weighted by atomic mass is 10.2. The van der Waals surface area contributed by atoms with Crippen LogP contribution in [-0.2, 0) is 0 Å². The normalized spacial score (nSPS) is 14.1. The number of hydrogen-bond acceptors (Lipinski definition) is 4. The average Bonchev–Trinajstić information content (AvgIpc) is 2.26. The molecule has 0 unspecified atom stereocenters. The van der Waals surface area contributed by atoms with Crippen LogP contribution in [0.1, 0.15) is 0 Å². The Hall–Kier alpha value is -2.04. The summed E-state index contributed by atoms with van der Waals surface area (Å²) < 4.78 is 10.8. The van der Waals surface area contributed by atoms with E-state index in [9.17, 15) is 4.79 Å². The quantitative estimate of drug-likeness (QED) is 0.685. The first kappa shape index (κ1) is 8.28. The molecule has 0 fully saturated rings. The maximum absolute atomic E-state index is 11.1. The van der Waals surface area contributed by atoms with Crippen LogP contribution in [0.4, 0.5) is 0 Å². The van der Waals surface area contributed by atoms with Gasteiger partial charge in [-0.25, -0.2) is 4.98 Å². The van der Waals surface area contributed by atoms with E-state index in [-0.39, 0.29) is 5.56 Å². The number of ether oxygens (including phenoxy) is 2. The van der Waals surface area contributed by atoms with E-state index in [1.165, 1.54) is 6.20 Å². The first-order valence-corrected chi connectivity index (χ1v) is 4.61. The Balaban J connectivity index is 2.30. The Kier molecular flexibility index (Phi) is 1.65. The molecule has 5 nitrogen and oxygen atoms in total. The first-order valence-electron chi connectivity index (χ1n) is 4.61. The average molecular weight is 204 g/mol. The molecule has 1 aromatic carbocycles. The molecular formula is C10H8N2O3. The number of H-pyrrole nitrogens is 1. The number of rotatable bonds is 0. The SMILES string of the molecule is O=c1cnc2cc3c(cc2[nH]1)OCCO3. The van der Waals surface area contributed by atoms with Crippen molar-refractivity contribution >= 4 is 11.0 Å². The molecule has 0 radical (unpaired) electrons. The summed E-state index contributed by atoms with van der Waals surface area (Å²) in [7, 11) is 0. The Morgan fingerprint density at radius 1 is 1.20 bits per heavy atom. The van der Waals surface area contributed by atoms with E-state index in [1.807, 2.05) is 0 Å². The maximum atomic E-state index is 11.1. The highest BCUT2D eigenvalue weighted by atomic mass is 16.6. The van der Waals surface area contributed by atoms with Crippen LogP contribution in [0.3, 0.4) is 0 Å². The Morgan fingerprint density at radius 3 is 2.73 bits per heavy atom. The molecule has 0 bridgehead atoms. The minimum atomic E-state index is -0.223. The van der Waals surface area contributed by atoms with E-state index in [4.69, 9.17) is 9.47 Å². The molecule has 0 spiro atoms. The smallest absolute Gasteiger partial charge is 0.266 e. The summed E-state index contributed by atoms with van der Waals surface area (Å²) in [5.41, 5.74) is 1.13. The minimum absolute atomic E-state index is 0.223. The third-order valence-electron chi connectivity index (χ3n) is 2.24. The Morgan fingerprint density at radius 2 is 1.93 bits per heavy atom. The molecule has 1 aliphatic heterocycles. The van der Waals surface area contributed by atoms with Gasteiger partial charge in [0, 0.05) is 12.1 Å². The second-order valence-electron chi connectivity index (χ2n) is 3.26. The van der Waals surface area contributed by atoms with Gasteiger partial charge in [-0.2, -0.15) is 0 Å². The van der Waals surface area contributed by atoms with Gasteiger partial charge in [0.1, 0.15) is 13.2 Å². The van der Waals surface area contributed by atoms with Crippen LogP contribution < -0.4 is 15.0 Å². The highest BCUT2D eigenvalue weighted by Gasteiger charge is 2.13. The second kappa shape index (κ2) is 2.98. The van der Waals surface area contributed by atoms with E-state index in [0.29, 0.717) is 35.7 Å². The van der Waals surface area contributed by atoms with Crippen molar-refractivity contribution in [2.45, 2.75) is 0 Å². The molecule has 0 aliphatic carbocycles. The molecule has 76 valence electrons. The fourth-order valence-electron chi connectivity index (χ4n) is 1.58. The summed E-state index contributed by atoms with van der Waals surface area (Å²) in [4.78, 5) is 17.8. The van der Waals surface area contributed by atoms with Crippen LogP contribution in [-0.4, -0.2) is 23.2 Å². The number of nitrogens with zero attached hydrogens (tertiary/aromatic N) is 1. The molecule has 1 aromatic heterocycles. The third-order valence-corrected chi connectivity index (χ3v) is 2.24. The standard InChI is InChI=1S/C10H8N2O3/c13-10-5-11-6-3-8-9(4-7(6)12-10)15-2-1-14-8/h3-5H,1-2H2,(H,12,13). The van der Waals surface area contributed by atoms with Gasteiger partial charge in [0.15, 0.2) is 11.5 Å². The molecule has 1 aliphatic rings. The lowest BCUT2D eigenvalue weighted by Gasteiger charge is -2.18. The van der Waals surface area contributed by atoms with Crippen LogP contribution in [0.15, 0.2) is 23.1 Å². The van der Waals surface area contributed by atoms with Crippen molar-refractivity contribution in [1.29, 1.82) is 0 Å². The van der Waals surface area contributed by atoms with Crippen molar-refractivity contribution in [2.24, 2.45) is 0 Å². The van der Waals surface area contributed by atoms with Gasteiger partial charge in [0.05, 0.1) is 17.2 Å². The summed E-state index contributed by atoms with van der Waals surface area (Å²) in [6.45, 7) is 1.07. The number of hydrogen-bond donors (Lipinski definition) is 1. The van der Waals surface area contributed by atoms with Crippen LogP contribution in [0, 0.1) is 0 Å². The molecular weight excluding hydrogens is 196 g/mol. The van der Waals surface area contributed by atoms with E-state index in [1.54, 1.807) is 12.1 Å². The molecule has 2 heterocycles. The van der Waals surface area contributed by atoms with Crippen molar-refractivity contribution < 1.29 is 9.47 Å². The number of aromatic nitrogens is 2. The molecule has 0 atom stereocenters. The van der Waals surface area contributed by atoms with Gasteiger partial charge in [0.2, 0.25) is 0 Å². The van der Waals surface area contributed by atoms with E-state index < -0.39 is 0 Å².